The van der Waals surface area contributed by atoms with Crippen LogP contribution in [0.3, 0.4) is 0 Å². The van der Waals surface area contributed by atoms with E-state index in [1.807, 2.05) is 0 Å². The average molecular weight is 467 g/mol. The Hall–Kier alpha value is -3.39. The summed E-state index contributed by atoms with van der Waals surface area (Å²) in [5, 5.41) is 25.1. The van der Waals surface area contributed by atoms with E-state index in [2.05, 4.69) is 15.5 Å². The number of aromatic nitrogens is 1. The van der Waals surface area contributed by atoms with Gasteiger partial charge in [-0.25, -0.2) is 9.78 Å². The maximum atomic E-state index is 12.6. The molecule has 1 fully saturated rings. The van der Waals surface area contributed by atoms with Gasteiger partial charge in [0.05, 0.1) is 0 Å². The Kier molecular flexibility index (Phi) is 6.60. The Morgan fingerprint density at radius 3 is 2.81 bits per heavy atom. The first-order valence-electron chi connectivity index (χ1n) is 8.70. The van der Waals surface area contributed by atoms with Crippen molar-refractivity contribution in [3.63, 3.8) is 0 Å². The molecule has 12 nitrogen and oxygen atoms in total. The van der Waals surface area contributed by atoms with Gasteiger partial charge in [0.2, 0.25) is 0 Å². The third kappa shape index (κ3) is 4.54. The van der Waals surface area contributed by atoms with Gasteiger partial charge in [-0.15, -0.1) is 23.1 Å². The van der Waals surface area contributed by atoms with Crippen molar-refractivity contribution in [2.45, 2.75) is 18.3 Å². The van der Waals surface area contributed by atoms with Gasteiger partial charge in [-0.2, -0.15) is 0 Å². The lowest BCUT2D eigenvalue weighted by molar-refractivity contribution is -0.150. The average Bonchev–Trinajstić information content (AvgIpc) is 3.14. The summed E-state index contributed by atoms with van der Waals surface area (Å²) >= 11 is 2.30. The van der Waals surface area contributed by atoms with Gasteiger partial charge in [0.15, 0.2) is 10.8 Å². The predicted octanol–water partition coefficient (Wildman–Crippen LogP) is -0.238. The summed E-state index contributed by atoms with van der Waals surface area (Å²) in [5.74, 6) is -2.99. The third-order valence-corrected chi connectivity index (χ3v) is 6.24. The first kappa shape index (κ1) is 22.3. The number of thiazole rings is 1. The molecule has 164 valence electrons. The number of carbonyl (C=O) groups excluding carboxylic acids is 3. The zero-order chi connectivity index (χ0) is 22.7. The summed E-state index contributed by atoms with van der Waals surface area (Å²) in [6.45, 7) is 1.22. The molecule has 0 aliphatic carbocycles. The number of amides is 2. The molecular weight excluding hydrogens is 450 g/mol. The van der Waals surface area contributed by atoms with E-state index in [1.165, 1.54) is 36.2 Å². The lowest BCUT2D eigenvalue weighted by Gasteiger charge is -2.49. The maximum absolute atomic E-state index is 12.6. The fourth-order valence-corrected chi connectivity index (χ4v) is 4.81. The minimum atomic E-state index is -1.30. The maximum Gasteiger partial charge on any atom is 0.352 e. The normalized spacial score (nSPS) is 21.0. The van der Waals surface area contributed by atoms with Crippen molar-refractivity contribution < 1.29 is 34.2 Å². The molecule has 0 aromatic carbocycles. The van der Waals surface area contributed by atoms with Crippen LogP contribution in [0.1, 0.15) is 12.6 Å². The zero-order valence-electron chi connectivity index (χ0n) is 16.0. The van der Waals surface area contributed by atoms with Crippen molar-refractivity contribution in [1.82, 2.24) is 15.2 Å². The van der Waals surface area contributed by atoms with E-state index in [9.17, 15) is 29.5 Å². The number of rotatable bonds is 7. The SMILES string of the molecule is CC(=O)OC/C=C/C1=C(C(=O)O)N2C(=O)[C@@H](NC(=O)/C(=N\O)c3csc(N)n3)[C@H]2SC1. The quantitative estimate of drug-likeness (QED) is 0.137. The molecule has 5 N–H and O–H groups in total. The van der Waals surface area contributed by atoms with E-state index in [0.717, 1.165) is 16.2 Å². The van der Waals surface area contributed by atoms with Crippen LogP contribution in [-0.2, 0) is 23.9 Å². The van der Waals surface area contributed by atoms with Crippen molar-refractivity contribution >= 4 is 57.7 Å². The van der Waals surface area contributed by atoms with E-state index in [4.69, 9.17) is 10.5 Å². The molecule has 1 aromatic rings. The number of allylic oxidation sites excluding steroid dienone is 1. The van der Waals surface area contributed by atoms with Gasteiger partial charge in [0, 0.05) is 18.1 Å². The Morgan fingerprint density at radius 2 is 2.23 bits per heavy atom. The van der Waals surface area contributed by atoms with Gasteiger partial charge < -0.3 is 26.1 Å². The number of hydrogen-bond donors (Lipinski definition) is 4. The van der Waals surface area contributed by atoms with Crippen LogP contribution >= 0.6 is 23.1 Å². The van der Waals surface area contributed by atoms with Crippen LogP contribution in [0.2, 0.25) is 0 Å². The summed E-state index contributed by atoms with van der Waals surface area (Å²) in [6.07, 6.45) is 2.96. The second kappa shape index (κ2) is 9.18. The molecule has 2 atom stereocenters. The number of nitrogens with one attached hydrogen (secondary N) is 1. The fraction of sp³-hybridized carbons (Fsp3) is 0.294. The molecule has 0 bridgehead atoms. The molecule has 2 amide bonds. The number of β-lactam (4-membered cyclic amide) rings is 1. The predicted molar refractivity (Wildman–Crippen MR) is 110 cm³/mol. The van der Waals surface area contributed by atoms with Gasteiger partial charge >= 0.3 is 11.9 Å². The number of ether oxygens (including phenoxy) is 1. The number of nitrogen functional groups attached to an aromatic ring is 1. The van der Waals surface area contributed by atoms with Crippen LogP contribution < -0.4 is 11.1 Å². The molecule has 3 heterocycles. The van der Waals surface area contributed by atoms with Gasteiger partial charge in [-0.3, -0.25) is 19.3 Å². The molecule has 31 heavy (non-hydrogen) atoms. The van der Waals surface area contributed by atoms with Crippen LogP contribution in [0.5, 0.6) is 0 Å². The Bertz CT molecular complexity index is 1030. The van der Waals surface area contributed by atoms with Gasteiger partial charge in [0.25, 0.3) is 11.8 Å². The molecule has 3 rings (SSSR count). The Labute approximate surface area is 183 Å². The van der Waals surface area contributed by atoms with Crippen LogP contribution in [0, 0.1) is 0 Å². The molecule has 0 radical (unpaired) electrons. The number of aliphatic carboxylic acids is 1. The highest BCUT2D eigenvalue weighted by Crippen LogP contribution is 2.40. The molecule has 2 aliphatic heterocycles. The van der Waals surface area contributed by atoms with Crippen LogP contribution in [-0.4, -0.2) is 73.4 Å². The largest absolute Gasteiger partial charge is 0.477 e. The first-order valence-corrected chi connectivity index (χ1v) is 10.6. The Morgan fingerprint density at radius 1 is 1.48 bits per heavy atom. The van der Waals surface area contributed by atoms with Gasteiger partial charge in [-0.1, -0.05) is 11.2 Å². The molecule has 14 heteroatoms. The monoisotopic (exact) mass is 467 g/mol. The number of nitrogens with zero attached hydrogens (tertiary/aromatic N) is 3. The molecular formula is C17H17N5O7S2. The number of carboxylic acid groups (broad SMARTS) is 1. The third-order valence-electron chi connectivity index (χ3n) is 4.27. The molecule has 0 unspecified atom stereocenters. The van der Waals surface area contributed by atoms with E-state index in [0.29, 0.717) is 5.57 Å². The number of hydrogen-bond acceptors (Lipinski definition) is 11. The number of oxime groups is 1. The summed E-state index contributed by atoms with van der Waals surface area (Å²) in [5.41, 5.74) is 5.32. The van der Waals surface area contributed by atoms with Gasteiger partial charge in [0.1, 0.15) is 29.4 Å². The lowest BCUT2D eigenvalue weighted by Crippen LogP contribution is -2.71. The lowest BCUT2D eigenvalue weighted by atomic mass is 10.0. The topological polar surface area (TPSA) is 185 Å². The summed E-state index contributed by atoms with van der Waals surface area (Å²) in [4.78, 5) is 52.7. The number of carboxylic acids is 1. The van der Waals surface area contributed by atoms with E-state index in [1.54, 1.807) is 0 Å². The number of fused-ring (bicyclic) bond motifs is 1. The van der Waals surface area contributed by atoms with Crippen molar-refractivity contribution in [1.29, 1.82) is 0 Å². The van der Waals surface area contributed by atoms with Crippen molar-refractivity contribution in [3.8, 4) is 0 Å². The highest BCUT2D eigenvalue weighted by atomic mass is 32.2. The van der Waals surface area contributed by atoms with Crippen LogP contribution in [0.15, 0.2) is 34.0 Å². The zero-order valence-corrected chi connectivity index (χ0v) is 17.6. The number of esters is 1. The highest BCUT2D eigenvalue weighted by molar-refractivity contribution is 8.00. The van der Waals surface area contributed by atoms with Crippen molar-refractivity contribution in [3.05, 3.63) is 34.5 Å². The summed E-state index contributed by atoms with van der Waals surface area (Å²) in [6, 6.07) is -1.01. The molecule has 1 saturated heterocycles. The fourth-order valence-electron chi connectivity index (χ4n) is 2.95. The second-order valence-electron chi connectivity index (χ2n) is 6.26. The van der Waals surface area contributed by atoms with Crippen LogP contribution in [0.4, 0.5) is 5.13 Å². The van der Waals surface area contributed by atoms with Crippen molar-refractivity contribution in [2.75, 3.05) is 18.1 Å². The van der Waals surface area contributed by atoms with E-state index in [-0.39, 0.29) is 28.9 Å². The summed E-state index contributed by atoms with van der Waals surface area (Å²) < 4.78 is 4.77. The molecule has 2 aliphatic rings. The molecule has 1 aromatic heterocycles. The first-order chi connectivity index (χ1) is 14.7. The van der Waals surface area contributed by atoms with Crippen LogP contribution in [0.25, 0.3) is 0 Å². The number of thioether (sulfide) groups is 1. The minimum absolute atomic E-state index is 0.0309. The number of nitrogens with two attached hydrogens (primary N) is 1. The molecule has 0 saturated carbocycles. The second-order valence-corrected chi connectivity index (χ2v) is 8.26. The molecule has 0 spiro atoms. The minimum Gasteiger partial charge on any atom is -0.477 e. The van der Waals surface area contributed by atoms with E-state index < -0.39 is 40.9 Å². The standard InChI is InChI=1S/C17H17N5O7S2/c1-7(23)29-4-2-3-8-5-30-15-11(14(25)22(15)12(8)16(26)27)20-13(24)10(21-28)9-6-31-17(18)19-9/h2-3,6,11,15,28H,4-5H2,1H3,(H2,18,19)(H,20,24)(H,26,27)/b3-2+,21-10-/t11-,15-/m1/s1. The van der Waals surface area contributed by atoms with Crippen molar-refractivity contribution in [2.24, 2.45) is 5.16 Å². The summed E-state index contributed by atoms with van der Waals surface area (Å²) in [7, 11) is 0. The Balaban J connectivity index is 1.74. The highest BCUT2D eigenvalue weighted by Gasteiger charge is 2.54. The van der Waals surface area contributed by atoms with Gasteiger partial charge in [-0.05, 0) is 11.6 Å². The number of carbonyl (C=O) groups is 4. The smallest absolute Gasteiger partial charge is 0.352 e. The number of anilines is 1. The van der Waals surface area contributed by atoms with E-state index >= 15 is 0 Å².